The summed E-state index contributed by atoms with van der Waals surface area (Å²) in [6, 6.07) is 0. The molecule has 1 saturated heterocycles. The van der Waals surface area contributed by atoms with Crippen molar-refractivity contribution in [1.29, 1.82) is 0 Å². The van der Waals surface area contributed by atoms with Crippen LogP contribution < -0.4 is 10.6 Å². The van der Waals surface area contributed by atoms with Crippen molar-refractivity contribution in [1.82, 2.24) is 15.5 Å². The van der Waals surface area contributed by atoms with Gasteiger partial charge in [0.05, 0.1) is 12.6 Å². The molecule has 1 aliphatic rings. The number of likely N-dealkylation sites (tertiary alicyclic amines) is 1. The quantitative estimate of drug-likeness (QED) is 0.270. The molecule has 7 heteroatoms. The molecule has 0 aliphatic carbocycles. The Balaban J connectivity index is 0.00000400. The minimum atomic E-state index is -0.181. The Morgan fingerprint density at radius 2 is 1.95 bits per heavy atom. The maximum atomic E-state index is 11.4. The van der Waals surface area contributed by atoms with Crippen LogP contribution in [-0.4, -0.2) is 60.7 Å². The highest BCUT2D eigenvalue weighted by molar-refractivity contribution is 14.0. The third-order valence-electron chi connectivity index (χ3n) is 3.30. The van der Waals surface area contributed by atoms with E-state index < -0.39 is 0 Å². The van der Waals surface area contributed by atoms with Crippen molar-refractivity contribution in [3.05, 3.63) is 0 Å². The van der Waals surface area contributed by atoms with Gasteiger partial charge in [-0.3, -0.25) is 9.79 Å². The lowest BCUT2D eigenvalue weighted by molar-refractivity contribution is -0.123. The maximum Gasteiger partial charge on any atom is 0.222 e. The van der Waals surface area contributed by atoms with Crippen LogP contribution in [0.2, 0.25) is 0 Å². The first-order chi connectivity index (χ1) is 9.54. The highest BCUT2D eigenvalue weighted by Crippen LogP contribution is 2.09. The summed E-state index contributed by atoms with van der Waals surface area (Å²) in [4.78, 5) is 18.1. The first kappa shape index (κ1) is 20.4. The van der Waals surface area contributed by atoms with Crippen LogP contribution in [0.1, 0.15) is 33.6 Å². The van der Waals surface area contributed by atoms with Crippen molar-refractivity contribution in [3.8, 4) is 0 Å². The summed E-state index contributed by atoms with van der Waals surface area (Å²) < 4.78 is 0. The van der Waals surface area contributed by atoms with E-state index in [0.717, 1.165) is 38.4 Å². The molecular weight excluding hydrogens is 383 g/mol. The number of guanidine groups is 1. The van der Waals surface area contributed by atoms with E-state index in [9.17, 15) is 9.90 Å². The van der Waals surface area contributed by atoms with Crippen molar-refractivity contribution < 1.29 is 9.90 Å². The number of nitrogens with one attached hydrogen (secondary N) is 2. The SMILES string of the molecule is CCNC(=NCCNC(=O)C(C)C)N1CCC(O)CC1.I. The molecule has 0 aromatic heterocycles. The Bertz CT molecular complexity index is 329. The molecule has 1 rings (SSSR count). The monoisotopic (exact) mass is 412 g/mol. The van der Waals surface area contributed by atoms with Gasteiger partial charge in [0.2, 0.25) is 5.91 Å². The number of piperidine rings is 1. The standard InChI is InChI=1S/C14H28N4O2.HI/c1-4-15-14(18-9-5-12(19)6-10-18)17-8-7-16-13(20)11(2)3;/h11-12,19H,4-10H2,1-3H3,(H,15,17)(H,16,20);1H. The van der Waals surface area contributed by atoms with Gasteiger partial charge in [-0.1, -0.05) is 13.8 Å². The summed E-state index contributed by atoms with van der Waals surface area (Å²) in [6.07, 6.45) is 1.39. The van der Waals surface area contributed by atoms with Gasteiger partial charge in [0.1, 0.15) is 0 Å². The van der Waals surface area contributed by atoms with Crippen LogP contribution in [0.3, 0.4) is 0 Å². The third kappa shape index (κ3) is 7.85. The summed E-state index contributed by atoms with van der Waals surface area (Å²) in [5.41, 5.74) is 0. The molecule has 6 nitrogen and oxygen atoms in total. The van der Waals surface area contributed by atoms with Crippen LogP contribution in [0, 0.1) is 5.92 Å². The summed E-state index contributed by atoms with van der Waals surface area (Å²) in [7, 11) is 0. The molecule has 1 amide bonds. The van der Waals surface area contributed by atoms with Crippen molar-refractivity contribution in [3.63, 3.8) is 0 Å². The lowest BCUT2D eigenvalue weighted by Gasteiger charge is -2.32. The third-order valence-corrected chi connectivity index (χ3v) is 3.30. The van der Waals surface area contributed by atoms with Crippen LogP contribution in [0.15, 0.2) is 4.99 Å². The molecule has 21 heavy (non-hydrogen) atoms. The van der Waals surface area contributed by atoms with Crippen molar-refractivity contribution in [2.75, 3.05) is 32.7 Å². The predicted octanol–water partition coefficient (Wildman–Crippen LogP) is 0.799. The highest BCUT2D eigenvalue weighted by atomic mass is 127. The molecular formula is C14H29IN4O2. The maximum absolute atomic E-state index is 11.4. The second kappa shape index (κ2) is 11.1. The zero-order valence-corrected chi connectivity index (χ0v) is 15.6. The van der Waals surface area contributed by atoms with Gasteiger partial charge in [0.25, 0.3) is 0 Å². The second-order valence-corrected chi connectivity index (χ2v) is 5.40. The molecule has 1 aliphatic heterocycles. The number of rotatable bonds is 5. The molecule has 1 fully saturated rings. The fourth-order valence-electron chi connectivity index (χ4n) is 2.05. The molecule has 0 spiro atoms. The summed E-state index contributed by atoms with van der Waals surface area (Å²) in [5.74, 6) is 0.945. The second-order valence-electron chi connectivity index (χ2n) is 5.40. The number of aliphatic hydroxyl groups excluding tert-OH is 1. The van der Waals surface area contributed by atoms with Crippen LogP contribution >= 0.6 is 24.0 Å². The number of halogens is 1. The van der Waals surface area contributed by atoms with Crippen molar-refractivity contribution in [2.24, 2.45) is 10.9 Å². The molecule has 0 atom stereocenters. The van der Waals surface area contributed by atoms with E-state index in [4.69, 9.17) is 0 Å². The van der Waals surface area contributed by atoms with Crippen LogP contribution in [-0.2, 0) is 4.79 Å². The summed E-state index contributed by atoms with van der Waals surface area (Å²) >= 11 is 0. The molecule has 3 N–H and O–H groups in total. The van der Waals surface area contributed by atoms with Gasteiger partial charge in [0.15, 0.2) is 5.96 Å². The Morgan fingerprint density at radius 3 is 2.48 bits per heavy atom. The van der Waals surface area contributed by atoms with Crippen LogP contribution in [0.5, 0.6) is 0 Å². The van der Waals surface area contributed by atoms with E-state index in [2.05, 4.69) is 20.5 Å². The number of hydrogen-bond donors (Lipinski definition) is 3. The number of hydrogen-bond acceptors (Lipinski definition) is 3. The van der Waals surface area contributed by atoms with Gasteiger partial charge < -0.3 is 20.6 Å². The van der Waals surface area contributed by atoms with Gasteiger partial charge in [-0.2, -0.15) is 0 Å². The Labute approximate surface area is 144 Å². The molecule has 0 radical (unpaired) electrons. The van der Waals surface area contributed by atoms with Gasteiger partial charge in [-0.05, 0) is 19.8 Å². The number of amides is 1. The average Bonchev–Trinajstić information content (AvgIpc) is 2.43. The largest absolute Gasteiger partial charge is 0.393 e. The van der Waals surface area contributed by atoms with Gasteiger partial charge >= 0.3 is 0 Å². The average molecular weight is 412 g/mol. The van der Waals surface area contributed by atoms with E-state index in [-0.39, 0.29) is 41.9 Å². The number of aliphatic imine (C=N–C) groups is 1. The lowest BCUT2D eigenvalue weighted by Crippen LogP contribution is -2.46. The molecule has 124 valence electrons. The number of carbonyl (C=O) groups excluding carboxylic acids is 1. The first-order valence-corrected chi connectivity index (χ1v) is 7.53. The van der Waals surface area contributed by atoms with E-state index in [1.807, 2.05) is 20.8 Å². The summed E-state index contributed by atoms with van der Waals surface area (Å²) in [6.45, 7) is 9.38. The molecule has 0 unspecified atom stereocenters. The topological polar surface area (TPSA) is 77.0 Å². The minimum absolute atomic E-state index is 0. The van der Waals surface area contributed by atoms with Crippen LogP contribution in [0.4, 0.5) is 0 Å². The minimum Gasteiger partial charge on any atom is -0.393 e. The lowest BCUT2D eigenvalue weighted by atomic mass is 10.1. The van der Waals surface area contributed by atoms with E-state index in [0.29, 0.717) is 13.1 Å². The summed E-state index contributed by atoms with van der Waals surface area (Å²) in [5, 5.41) is 15.6. The smallest absolute Gasteiger partial charge is 0.222 e. The predicted molar refractivity (Wildman–Crippen MR) is 96.1 cm³/mol. The normalized spacial score (nSPS) is 16.6. The van der Waals surface area contributed by atoms with E-state index >= 15 is 0 Å². The van der Waals surface area contributed by atoms with E-state index in [1.165, 1.54) is 0 Å². The number of carbonyl (C=O) groups is 1. The van der Waals surface area contributed by atoms with Crippen molar-refractivity contribution in [2.45, 2.75) is 39.7 Å². The number of nitrogens with zero attached hydrogens (tertiary/aromatic N) is 2. The molecule has 0 aromatic carbocycles. The molecule has 0 bridgehead atoms. The molecule has 1 heterocycles. The zero-order chi connectivity index (χ0) is 15.0. The molecule has 0 saturated carbocycles. The Kier molecular flexibility index (Phi) is 10.8. The van der Waals surface area contributed by atoms with Gasteiger partial charge in [-0.25, -0.2) is 0 Å². The Morgan fingerprint density at radius 1 is 1.33 bits per heavy atom. The van der Waals surface area contributed by atoms with E-state index in [1.54, 1.807) is 0 Å². The fraction of sp³-hybridized carbons (Fsp3) is 0.857. The zero-order valence-electron chi connectivity index (χ0n) is 13.3. The van der Waals surface area contributed by atoms with Crippen molar-refractivity contribution >= 4 is 35.8 Å². The highest BCUT2D eigenvalue weighted by Gasteiger charge is 2.19. The fourth-order valence-corrected chi connectivity index (χ4v) is 2.05. The van der Waals surface area contributed by atoms with Gasteiger partial charge in [-0.15, -0.1) is 24.0 Å². The number of aliphatic hydroxyl groups is 1. The molecule has 0 aromatic rings. The van der Waals surface area contributed by atoms with Gasteiger partial charge in [0, 0.05) is 32.1 Å². The first-order valence-electron chi connectivity index (χ1n) is 7.53. The Hall–Kier alpha value is -0.570. The van der Waals surface area contributed by atoms with Crippen LogP contribution in [0.25, 0.3) is 0 Å².